The van der Waals surface area contributed by atoms with E-state index in [0.29, 0.717) is 18.6 Å². The van der Waals surface area contributed by atoms with Crippen LogP contribution in [0.1, 0.15) is 31.2 Å². The lowest BCUT2D eigenvalue weighted by molar-refractivity contribution is 0.175. The van der Waals surface area contributed by atoms with Crippen LogP contribution >= 0.6 is 11.3 Å². The molecule has 1 fully saturated rings. The molecule has 0 unspecified atom stereocenters. The molecule has 0 radical (unpaired) electrons. The van der Waals surface area contributed by atoms with Gasteiger partial charge in [0.25, 0.3) is 0 Å². The van der Waals surface area contributed by atoms with Crippen molar-refractivity contribution in [1.82, 2.24) is 5.32 Å². The lowest BCUT2D eigenvalue weighted by Crippen LogP contribution is -2.33. The van der Waals surface area contributed by atoms with Crippen molar-refractivity contribution < 1.29 is 5.11 Å². The first-order valence-electron chi connectivity index (χ1n) is 7.16. The van der Waals surface area contributed by atoms with Crippen LogP contribution in [0.2, 0.25) is 0 Å². The molecule has 2 aromatic rings. The van der Waals surface area contributed by atoms with Crippen molar-refractivity contribution in [2.45, 2.75) is 38.3 Å². The molecule has 0 amide bonds. The van der Waals surface area contributed by atoms with Crippen LogP contribution in [0.3, 0.4) is 0 Å². The highest BCUT2D eigenvalue weighted by Crippen LogP contribution is 2.27. The van der Waals surface area contributed by atoms with Crippen molar-refractivity contribution in [3.63, 3.8) is 0 Å². The van der Waals surface area contributed by atoms with Gasteiger partial charge in [0.1, 0.15) is 0 Å². The number of aliphatic hydroxyl groups is 1. The van der Waals surface area contributed by atoms with Gasteiger partial charge in [0.2, 0.25) is 0 Å². The molecule has 2 N–H and O–H groups in total. The minimum Gasteiger partial charge on any atom is -0.396 e. The Morgan fingerprint density at radius 2 is 1.95 bits per heavy atom. The van der Waals surface area contributed by atoms with Gasteiger partial charge in [0, 0.05) is 23.9 Å². The second-order valence-corrected chi connectivity index (χ2v) is 6.45. The van der Waals surface area contributed by atoms with Crippen molar-refractivity contribution in [3.05, 3.63) is 35.2 Å². The van der Waals surface area contributed by atoms with E-state index in [4.69, 9.17) is 5.11 Å². The van der Waals surface area contributed by atoms with Crippen LogP contribution in [0.15, 0.2) is 29.6 Å². The van der Waals surface area contributed by atoms with Gasteiger partial charge in [-0.15, -0.1) is 11.3 Å². The Morgan fingerprint density at radius 1 is 1.16 bits per heavy atom. The minimum absolute atomic E-state index is 0.363. The molecule has 1 aliphatic rings. The molecule has 0 bridgehead atoms. The summed E-state index contributed by atoms with van der Waals surface area (Å²) in [7, 11) is 0. The summed E-state index contributed by atoms with van der Waals surface area (Å²) in [6.07, 6.45) is 4.73. The summed E-state index contributed by atoms with van der Waals surface area (Å²) in [5.41, 5.74) is 1.42. The Balaban J connectivity index is 1.58. The molecule has 0 spiro atoms. The zero-order valence-electron chi connectivity index (χ0n) is 11.1. The van der Waals surface area contributed by atoms with E-state index in [-0.39, 0.29) is 0 Å². The highest BCUT2D eigenvalue weighted by molar-refractivity contribution is 7.17. The van der Waals surface area contributed by atoms with Crippen LogP contribution in [-0.2, 0) is 6.54 Å². The van der Waals surface area contributed by atoms with Gasteiger partial charge in [-0.2, -0.15) is 0 Å². The third-order valence-electron chi connectivity index (χ3n) is 4.25. The molecular formula is C16H21NOS. The fraction of sp³-hybridized carbons (Fsp3) is 0.500. The highest BCUT2D eigenvalue weighted by atomic mass is 32.1. The Kier molecular flexibility index (Phi) is 4.16. The molecule has 1 aliphatic carbocycles. The van der Waals surface area contributed by atoms with E-state index < -0.39 is 0 Å². The quantitative estimate of drug-likeness (QED) is 0.894. The summed E-state index contributed by atoms with van der Waals surface area (Å²) in [5.74, 6) is 0.542. The fourth-order valence-corrected chi connectivity index (χ4v) is 3.94. The molecule has 3 rings (SSSR count). The van der Waals surface area contributed by atoms with Gasteiger partial charge in [-0.25, -0.2) is 0 Å². The summed E-state index contributed by atoms with van der Waals surface area (Å²) >= 11 is 1.83. The summed E-state index contributed by atoms with van der Waals surface area (Å²) in [6, 6.07) is 9.25. The van der Waals surface area contributed by atoms with Crippen molar-refractivity contribution in [3.8, 4) is 0 Å². The lowest BCUT2D eigenvalue weighted by atomic mass is 9.86. The van der Waals surface area contributed by atoms with Crippen molar-refractivity contribution in [2.24, 2.45) is 5.92 Å². The van der Waals surface area contributed by atoms with Gasteiger partial charge in [-0.05, 0) is 54.0 Å². The van der Waals surface area contributed by atoms with Crippen molar-refractivity contribution >= 4 is 21.4 Å². The first-order valence-corrected chi connectivity index (χ1v) is 8.04. The van der Waals surface area contributed by atoms with Crippen molar-refractivity contribution in [1.29, 1.82) is 0 Å². The predicted molar refractivity (Wildman–Crippen MR) is 81.5 cm³/mol. The van der Waals surface area contributed by atoms with Gasteiger partial charge in [-0.1, -0.05) is 18.2 Å². The van der Waals surface area contributed by atoms with Gasteiger partial charge in [0.15, 0.2) is 0 Å². The van der Waals surface area contributed by atoms with Crippen LogP contribution in [-0.4, -0.2) is 17.8 Å². The first-order chi connectivity index (χ1) is 9.36. The summed E-state index contributed by atoms with van der Waals surface area (Å²) in [4.78, 5) is 0. The second-order valence-electron chi connectivity index (χ2n) is 5.54. The number of thiophene rings is 1. The molecule has 2 nitrogen and oxygen atoms in total. The largest absolute Gasteiger partial charge is 0.396 e. The van der Waals surface area contributed by atoms with Gasteiger partial charge >= 0.3 is 0 Å². The molecule has 0 saturated heterocycles. The SMILES string of the molecule is OCC1CCC(NCc2csc3ccccc23)CC1. The topological polar surface area (TPSA) is 32.3 Å². The Hall–Kier alpha value is -0.900. The van der Waals surface area contributed by atoms with E-state index in [9.17, 15) is 0 Å². The smallest absolute Gasteiger partial charge is 0.0459 e. The van der Waals surface area contributed by atoms with Crippen LogP contribution in [0.4, 0.5) is 0 Å². The van der Waals surface area contributed by atoms with Crippen LogP contribution in [0.5, 0.6) is 0 Å². The van der Waals surface area contributed by atoms with E-state index >= 15 is 0 Å². The highest BCUT2D eigenvalue weighted by Gasteiger charge is 2.20. The maximum Gasteiger partial charge on any atom is 0.0459 e. The average molecular weight is 275 g/mol. The first kappa shape index (κ1) is 13.1. The fourth-order valence-electron chi connectivity index (χ4n) is 2.97. The molecule has 0 atom stereocenters. The lowest BCUT2D eigenvalue weighted by Gasteiger charge is -2.28. The molecule has 19 heavy (non-hydrogen) atoms. The summed E-state index contributed by atoms with van der Waals surface area (Å²) in [6.45, 7) is 1.33. The molecule has 1 aromatic heterocycles. The number of hydrogen-bond donors (Lipinski definition) is 2. The maximum atomic E-state index is 9.16. The second kappa shape index (κ2) is 6.04. The van der Waals surface area contributed by atoms with E-state index in [1.165, 1.54) is 41.3 Å². The summed E-state index contributed by atoms with van der Waals surface area (Å²) in [5, 5.41) is 16.5. The maximum absolute atomic E-state index is 9.16. The van der Waals surface area contributed by atoms with Gasteiger partial charge in [-0.3, -0.25) is 0 Å². The normalized spacial score (nSPS) is 23.8. The van der Waals surface area contributed by atoms with Crippen LogP contribution in [0.25, 0.3) is 10.1 Å². The Labute approximate surface area is 118 Å². The zero-order valence-corrected chi connectivity index (χ0v) is 12.0. The Morgan fingerprint density at radius 3 is 2.74 bits per heavy atom. The average Bonchev–Trinajstić information content (AvgIpc) is 2.89. The van der Waals surface area contributed by atoms with E-state index in [0.717, 1.165) is 6.54 Å². The van der Waals surface area contributed by atoms with E-state index in [1.54, 1.807) is 0 Å². The molecule has 0 aliphatic heterocycles. The summed E-state index contributed by atoms with van der Waals surface area (Å²) < 4.78 is 1.38. The third kappa shape index (κ3) is 2.99. The zero-order chi connectivity index (χ0) is 13.1. The molecule has 1 heterocycles. The number of aliphatic hydroxyl groups excluding tert-OH is 1. The monoisotopic (exact) mass is 275 g/mol. The molecule has 1 aromatic carbocycles. The predicted octanol–water partition coefficient (Wildman–Crippen LogP) is 3.54. The third-order valence-corrected chi connectivity index (χ3v) is 5.26. The van der Waals surface area contributed by atoms with Crippen LogP contribution < -0.4 is 5.32 Å². The standard InChI is InChI=1S/C16H21NOS/c18-10-12-5-7-14(8-6-12)17-9-13-11-19-16-4-2-1-3-15(13)16/h1-4,11-12,14,17-18H,5-10H2. The number of nitrogens with one attached hydrogen (secondary N) is 1. The minimum atomic E-state index is 0.363. The van der Waals surface area contributed by atoms with Crippen molar-refractivity contribution in [2.75, 3.05) is 6.61 Å². The Bertz CT molecular complexity index is 528. The van der Waals surface area contributed by atoms with Crippen LogP contribution in [0, 0.1) is 5.92 Å². The van der Waals surface area contributed by atoms with Gasteiger partial charge < -0.3 is 10.4 Å². The molecule has 3 heteroatoms. The number of benzene rings is 1. The number of rotatable bonds is 4. The molecule has 102 valence electrons. The van der Waals surface area contributed by atoms with E-state index in [2.05, 4.69) is 35.0 Å². The number of hydrogen-bond acceptors (Lipinski definition) is 3. The molecular weight excluding hydrogens is 254 g/mol. The van der Waals surface area contributed by atoms with Gasteiger partial charge in [0.05, 0.1) is 0 Å². The molecule has 1 saturated carbocycles. The van der Waals surface area contributed by atoms with E-state index in [1.807, 2.05) is 11.3 Å². The number of fused-ring (bicyclic) bond motifs is 1.